The molecule has 8 heteroatoms. The first-order valence-electron chi connectivity index (χ1n) is 5.07. The van der Waals surface area contributed by atoms with E-state index in [1.165, 1.54) is 15.4 Å². The Bertz CT molecular complexity index is 714. The molecular weight excluding hydrogens is 279 g/mol. The van der Waals surface area contributed by atoms with E-state index in [-0.39, 0.29) is 11.6 Å². The van der Waals surface area contributed by atoms with Gasteiger partial charge >= 0.3 is 5.69 Å². The van der Waals surface area contributed by atoms with Crippen LogP contribution >= 0.6 is 23.2 Å². The fraction of sp³-hybridized carbons (Fsp3) is 0.300. The van der Waals surface area contributed by atoms with Gasteiger partial charge in [0, 0.05) is 18.8 Å². The molecule has 0 atom stereocenters. The molecule has 1 N–H and O–H groups in total. The van der Waals surface area contributed by atoms with E-state index in [1.807, 2.05) is 0 Å². The van der Waals surface area contributed by atoms with Crippen molar-refractivity contribution in [1.82, 2.24) is 19.3 Å². The summed E-state index contributed by atoms with van der Waals surface area (Å²) < 4.78 is 2.80. The maximum atomic E-state index is 11.6. The van der Waals surface area contributed by atoms with Crippen LogP contribution in [0.3, 0.4) is 0 Å². The van der Waals surface area contributed by atoms with Gasteiger partial charge in [0.1, 0.15) is 10.2 Å². The van der Waals surface area contributed by atoms with Gasteiger partial charge in [-0.05, 0) is 6.92 Å². The molecule has 0 aliphatic carbocycles. The number of hydrogen-bond donors (Lipinski definition) is 1. The quantitative estimate of drug-likeness (QED) is 0.894. The van der Waals surface area contributed by atoms with E-state index in [9.17, 15) is 9.59 Å². The third kappa shape index (κ3) is 2.21. The number of nitrogens with one attached hydrogen (secondary N) is 1. The first kappa shape index (κ1) is 12.9. The molecular formula is C10H10Cl2N4O2. The summed E-state index contributed by atoms with van der Waals surface area (Å²) in [5.41, 5.74) is 0.289. The van der Waals surface area contributed by atoms with Crippen molar-refractivity contribution in [2.45, 2.75) is 13.5 Å². The molecule has 0 spiro atoms. The first-order chi connectivity index (χ1) is 8.40. The van der Waals surface area contributed by atoms with Crippen LogP contribution in [0.15, 0.2) is 15.8 Å². The molecule has 0 saturated carbocycles. The second kappa shape index (κ2) is 4.62. The van der Waals surface area contributed by atoms with Gasteiger partial charge in [-0.3, -0.25) is 19.0 Å². The second-order valence-electron chi connectivity index (χ2n) is 3.84. The van der Waals surface area contributed by atoms with Crippen LogP contribution in [0.1, 0.15) is 11.3 Å². The van der Waals surface area contributed by atoms with Gasteiger partial charge in [-0.2, -0.15) is 5.10 Å². The van der Waals surface area contributed by atoms with Crippen LogP contribution in [0.4, 0.5) is 0 Å². The van der Waals surface area contributed by atoms with Gasteiger partial charge in [-0.1, -0.05) is 23.2 Å². The zero-order valence-electron chi connectivity index (χ0n) is 9.70. The Labute approximate surface area is 112 Å². The van der Waals surface area contributed by atoms with Gasteiger partial charge in [0.2, 0.25) is 0 Å². The number of aromatic nitrogens is 4. The largest absolute Gasteiger partial charge is 0.328 e. The van der Waals surface area contributed by atoms with E-state index in [0.29, 0.717) is 10.7 Å². The summed E-state index contributed by atoms with van der Waals surface area (Å²) in [5, 5.41) is 4.54. The van der Waals surface area contributed by atoms with Gasteiger partial charge in [0.25, 0.3) is 5.56 Å². The Morgan fingerprint density at radius 3 is 2.61 bits per heavy atom. The van der Waals surface area contributed by atoms with Gasteiger partial charge < -0.3 is 0 Å². The number of hydrogen-bond acceptors (Lipinski definition) is 3. The molecule has 0 aliphatic heterocycles. The van der Waals surface area contributed by atoms with E-state index in [2.05, 4.69) is 10.1 Å². The molecule has 0 radical (unpaired) electrons. The summed E-state index contributed by atoms with van der Waals surface area (Å²) >= 11 is 11.7. The lowest BCUT2D eigenvalue weighted by Gasteiger charge is -2.05. The minimum atomic E-state index is -0.605. The summed E-state index contributed by atoms with van der Waals surface area (Å²) in [5.74, 6) is 0. The van der Waals surface area contributed by atoms with Crippen LogP contribution in [0.5, 0.6) is 0 Å². The smallest absolute Gasteiger partial charge is 0.294 e. The molecule has 6 nitrogen and oxygen atoms in total. The van der Waals surface area contributed by atoms with E-state index in [1.54, 1.807) is 14.0 Å². The zero-order chi connectivity index (χ0) is 13.4. The number of rotatable bonds is 2. The van der Waals surface area contributed by atoms with Crippen molar-refractivity contribution in [3.05, 3.63) is 48.5 Å². The zero-order valence-corrected chi connectivity index (χ0v) is 11.2. The molecule has 0 saturated heterocycles. The Morgan fingerprint density at radius 2 is 2.06 bits per heavy atom. The van der Waals surface area contributed by atoms with Crippen molar-refractivity contribution in [3.8, 4) is 0 Å². The average Bonchev–Trinajstić information content (AvgIpc) is 2.52. The normalized spacial score (nSPS) is 10.9. The molecule has 0 bridgehead atoms. The second-order valence-corrected chi connectivity index (χ2v) is 4.61. The van der Waals surface area contributed by atoms with Crippen molar-refractivity contribution in [1.29, 1.82) is 0 Å². The lowest BCUT2D eigenvalue weighted by molar-refractivity contribution is 0.717. The molecule has 0 unspecified atom stereocenters. The maximum absolute atomic E-state index is 11.6. The van der Waals surface area contributed by atoms with Crippen molar-refractivity contribution >= 4 is 23.2 Å². The van der Waals surface area contributed by atoms with Crippen molar-refractivity contribution < 1.29 is 0 Å². The number of nitrogens with zero attached hydrogens (tertiary/aromatic N) is 3. The number of aryl methyl sites for hydroxylation is 2. The summed E-state index contributed by atoms with van der Waals surface area (Å²) in [6.45, 7) is 1.99. The van der Waals surface area contributed by atoms with E-state index in [4.69, 9.17) is 23.2 Å². The highest BCUT2D eigenvalue weighted by Crippen LogP contribution is 2.19. The minimum absolute atomic E-state index is 0.0488. The monoisotopic (exact) mass is 288 g/mol. The highest BCUT2D eigenvalue weighted by molar-refractivity contribution is 6.30. The molecule has 0 aliphatic rings. The number of H-pyrrole nitrogens is 1. The van der Waals surface area contributed by atoms with E-state index in [0.717, 1.165) is 5.69 Å². The first-order valence-corrected chi connectivity index (χ1v) is 5.83. The molecule has 2 aromatic rings. The van der Waals surface area contributed by atoms with E-state index >= 15 is 0 Å². The van der Waals surface area contributed by atoms with Crippen LogP contribution in [-0.2, 0) is 13.6 Å². The Morgan fingerprint density at radius 1 is 1.39 bits per heavy atom. The Balaban J connectivity index is 2.50. The minimum Gasteiger partial charge on any atom is -0.294 e. The fourth-order valence-electron chi connectivity index (χ4n) is 1.62. The third-order valence-electron chi connectivity index (χ3n) is 2.57. The summed E-state index contributed by atoms with van der Waals surface area (Å²) in [6.07, 6.45) is 1.28. The van der Waals surface area contributed by atoms with Gasteiger partial charge in [0.15, 0.2) is 0 Å². The number of halogens is 2. The molecule has 2 rings (SSSR count). The topological polar surface area (TPSA) is 72.7 Å². The predicted octanol–water partition coefficient (Wildman–Crippen LogP) is 0.934. The van der Waals surface area contributed by atoms with Gasteiger partial charge in [-0.25, -0.2) is 4.79 Å². The SMILES string of the molecule is Cc1nn(C)c(Cl)c1Cn1cc(Cl)c(=O)[nH]c1=O. The molecule has 96 valence electrons. The highest BCUT2D eigenvalue weighted by atomic mass is 35.5. The summed E-state index contributed by atoms with van der Waals surface area (Å²) in [7, 11) is 1.71. The van der Waals surface area contributed by atoms with Gasteiger partial charge in [-0.15, -0.1) is 0 Å². The van der Waals surface area contributed by atoms with Crippen LogP contribution in [0.25, 0.3) is 0 Å². The van der Waals surface area contributed by atoms with Crippen LogP contribution in [-0.4, -0.2) is 19.3 Å². The maximum Gasteiger partial charge on any atom is 0.328 e. The standard InChI is InChI=1S/C10H10Cl2N4O2/c1-5-6(8(12)15(2)14-5)3-16-4-7(11)9(17)13-10(16)18/h4H,3H2,1-2H3,(H,13,17,18). The Hall–Kier alpha value is -1.53. The number of aromatic amines is 1. The van der Waals surface area contributed by atoms with Crippen molar-refractivity contribution in [3.63, 3.8) is 0 Å². The highest BCUT2D eigenvalue weighted by Gasteiger charge is 2.13. The third-order valence-corrected chi connectivity index (χ3v) is 3.31. The van der Waals surface area contributed by atoms with Crippen molar-refractivity contribution in [2.24, 2.45) is 7.05 Å². The molecule has 0 fully saturated rings. The lowest BCUT2D eigenvalue weighted by Crippen LogP contribution is -2.30. The predicted molar refractivity (Wildman–Crippen MR) is 68.4 cm³/mol. The molecule has 2 heterocycles. The molecule has 18 heavy (non-hydrogen) atoms. The molecule has 2 aromatic heterocycles. The van der Waals surface area contributed by atoms with Crippen LogP contribution in [0, 0.1) is 6.92 Å². The Kier molecular flexibility index (Phi) is 3.32. The van der Waals surface area contributed by atoms with Crippen molar-refractivity contribution in [2.75, 3.05) is 0 Å². The lowest BCUT2D eigenvalue weighted by atomic mass is 10.2. The van der Waals surface area contributed by atoms with E-state index < -0.39 is 11.2 Å². The average molecular weight is 289 g/mol. The summed E-state index contributed by atoms with van der Waals surface area (Å²) in [6, 6.07) is 0. The van der Waals surface area contributed by atoms with Crippen LogP contribution < -0.4 is 11.2 Å². The fourth-order valence-corrected chi connectivity index (χ4v) is 2.02. The molecule has 0 amide bonds. The summed E-state index contributed by atoms with van der Waals surface area (Å²) in [4.78, 5) is 24.9. The van der Waals surface area contributed by atoms with Gasteiger partial charge in [0.05, 0.1) is 12.2 Å². The van der Waals surface area contributed by atoms with Crippen LogP contribution in [0.2, 0.25) is 10.2 Å². The molecule has 0 aromatic carbocycles.